The minimum Gasteiger partial charge on any atom is -0.508 e. The molecule has 1 aromatic heterocycles. The van der Waals surface area contributed by atoms with Crippen molar-refractivity contribution in [3.8, 4) is 5.75 Å². The van der Waals surface area contributed by atoms with Gasteiger partial charge in [0.05, 0.1) is 0 Å². The Bertz CT molecular complexity index is 531. The van der Waals surface area contributed by atoms with E-state index in [2.05, 4.69) is 32.3 Å². The van der Waals surface area contributed by atoms with Crippen molar-refractivity contribution in [2.24, 2.45) is 0 Å². The summed E-state index contributed by atoms with van der Waals surface area (Å²) in [6.45, 7) is 0. The van der Waals surface area contributed by atoms with Gasteiger partial charge in [0.2, 0.25) is 0 Å². The van der Waals surface area contributed by atoms with Crippen LogP contribution in [0.1, 0.15) is 17.2 Å². The lowest BCUT2D eigenvalue weighted by molar-refractivity contribution is 0.473. The number of likely N-dealkylation sites (N-methyl/N-ethyl adjacent to an activating group) is 1. The van der Waals surface area contributed by atoms with E-state index in [1.807, 2.05) is 25.4 Å². The number of rotatable bonds is 4. The van der Waals surface area contributed by atoms with E-state index in [0.29, 0.717) is 5.75 Å². The van der Waals surface area contributed by atoms with Gasteiger partial charge in [-0.25, -0.2) is 0 Å². The Morgan fingerprint density at radius 2 is 2.17 bits per heavy atom. The number of halogens is 1. The Morgan fingerprint density at radius 3 is 2.83 bits per heavy atom. The molecule has 1 aromatic carbocycles. The van der Waals surface area contributed by atoms with Gasteiger partial charge in [-0.1, -0.05) is 12.1 Å². The van der Waals surface area contributed by atoms with Crippen LogP contribution in [0, 0.1) is 0 Å². The quantitative estimate of drug-likeness (QED) is 0.912. The summed E-state index contributed by atoms with van der Waals surface area (Å²) in [7, 11) is 1.92. The molecule has 0 aliphatic rings. The monoisotopic (exact) mass is 306 g/mol. The van der Waals surface area contributed by atoms with E-state index < -0.39 is 0 Å². The van der Waals surface area contributed by atoms with Gasteiger partial charge in [-0.3, -0.25) is 4.98 Å². The van der Waals surface area contributed by atoms with Crippen LogP contribution in [0.15, 0.2) is 47.2 Å². The minimum atomic E-state index is 0.178. The first-order valence-corrected chi connectivity index (χ1v) is 6.54. The third-order valence-corrected chi connectivity index (χ3v) is 3.26. The van der Waals surface area contributed by atoms with Gasteiger partial charge in [-0.15, -0.1) is 0 Å². The molecule has 2 rings (SSSR count). The Kier molecular flexibility index (Phi) is 4.33. The summed E-state index contributed by atoms with van der Waals surface area (Å²) in [4.78, 5) is 4.18. The fourth-order valence-electron chi connectivity index (χ4n) is 1.92. The number of phenolic OH excluding ortho intramolecular Hbond substituents is 1. The first-order chi connectivity index (χ1) is 8.69. The molecule has 18 heavy (non-hydrogen) atoms. The average molecular weight is 307 g/mol. The molecule has 0 spiro atoms. The number of benzene rings is 1. The maximum absolute atomic E-state index is 9.47. The number of aromatic hydroxyl groups is 1. The van der Waals surface area contributed by atoms with Gasteiger partial charge in [-0.2, -0.15) is 0 Å². The number of phenols is 1. The van der Waals surface area contributed by atoms with E-state index in [1.165, 1.54) is 0 Å². The highest BCUT2D eigenvalue weighted by atomic mass is 79.9. The second-order valence-electron chi connectivity index (χ2n) is 4.15. The van der Waals surface area contributed by atoms with Crippen molar-refractivity contribution >= 4 is 15.9 Å². The van der Waals surface area contributed by atoms with Crippen molar-refractivity contribution in [2.75, 3.05) is 7.05 Å². The number of nitrogens with one attached hydrogen (secondary N) is 1. The Hall–Kier alpha value is -1.39. The zero-order valence-electron chi connectivity index (χ0n) is 10.1. The summed E-state index contributed by atoms with van der Waals surface area (Å²) in [6.07, 6.45) is 4.43. The molecule has 2 aromatic rings. The highest BCUT2D eigenvalue weighted by Gasteiger charge is 2.11. The Morgan fingerprint density at radius 1 is 1.33 bits per heavy atom. The smallest absolute Gasteiger partial charge is 0.115 e. The Balaban J connectivity index is 2.19. The predicted octanol–water partition coefficient (Wildman–Crippen LogP) is 3.05. The van der Waals surface area contributed by atoms with E-state index in [0.717, 1.165) is 22.0 Å². The molecule has 0 aliphatic carbocycles. The largest absolute Gasteiger partial charge is 0.508 e. The lowest BCUT2D eigenvalue weighted by atomic mass is 10.0. The number of pyridine rings is 1. The minimum absolute atomic E-state index is 0.178. The predicted molar refractivity (Wildman–Crippen MR) is 75.5 cm³/mol. The number of hydrogen-bond donors (Lipinski definition) is 2. The highest BCUT2D eigenvalue weighted by Crippen LogP contribution is 2.22. The van der Waals surface area contributed by atoms with Crippen LogP contribution >= 0.6 is 15.9 Å². The molecule has 94 valence electrons. The van der Waals surface area contributed by atoms with Crippen molar-refractivity contribution in [3.63, 3.8) is 0 Å². The molecule has 0 fully saturated rings. The van der Waals surface area contributed by atoms with E-state index in [1.54, 1.807) is 18.3 Å². The molecule has 2 N–H and O–H groups in total. The molecule has 1 heterocycles. The van der Waals surface area contributed by atoms with Crippen molar-refractivity contribution in [1.29, 1.82) is 0 Å². The molecular weight excluding hydrogens is 292 g/mol. The molecule has 0 saturated heterocycles. The van der Waals surface area contributed by atoms with Gasteiger partial charge in [-0.05, 0) is 58.7 Å². The zero-order chi connectivity index (χ0) is 13.0. The molecular formula is C14H15BrN2O. The SMILES string of the molecule is CNC(Cc1cccc(O)c1)c1cncc(Br)c1. The zero-order valence-corrected chi connectivity index (χ0v) is 11.7. The summed E-state index contributed by atoms with van der Waals surface area (Å²) in [5.74, 6) is 0.301. The molecule has 4 heteroatoms. The van der Waals surface area contributed by atoms with E-state index >= 15 is 0 Å². The van der Waals surface area contributed by atoms with Crippen molar-refractivity contribution in [1.82, 2.24) is 10.3 Å². The molecule has 0 aliphatic heterocycles. The van der Waals surface area contributed by atoms with E-state index in [-0.39, 0.29) is 6.04 Å². The maximum Gasteiger partial charge on any atom is 0.115 e. The van der Waals surface area contributed by atoms with Crippen LogP contribution in [0.25, 0.3) is 0 Å². The average Bonchev–Trinajstić information content (AvgIpc) is 2.36. The van der Waals surface area contributed by atoms with Gasteiger partial charge < -0.3 is 10.4 Å². The van der Waals surface area contributed by atoms with Gasteiger partial charge in [0.25, 0.3) is 0 Å². The van der Waals surface area contributed by atoms with Crippen molar-refractivity contribution in [3.05, 3.63) is 58.3 Å². The fraction of sp³-hybridized carbons (Fsp3) is 0.214. The standard InChI is InChI=1S/C14H15BrN2O/c1-16-14(11-7-12(15)9-17-8-11)6-10-3-2-4-13(18)5-10/h2-5,7-9,14,16,18H,6H2,1H3. The maximum atomic E-state index is 9.47. The Labute approximate surface area is 115 Å². The first-order valence-electron chi connectivity index (χ1n) is 5.74. The van der Waals surface area contributed by atoms with Gasteiger partial charge in [0.15, 0.2) is 0 Å². The van der Waals surface area contributed by atoms with E-state index in [4.69, 9.17) is 0 Å². The molecule has 1 unspecified atom stereocenters. The fourth-order valence-corrected chi connectivity index (χ4v) is 2.31. The normalized spacial score (nSPS) is 12.3. The lowest BCUT2D eigenvalue weighted by Gasteiger charge is -2.16. The molecule has 3 nitrogen and oxygen atoms in total. The number of hydrogen-bond acceptors (Lipinski definition) is 3. The summed E-state index contributed by atoms with van der Waals surface area (Å²) in [5, 5.41) is 12.7. The van der Waals surface area contributed by atoms with Crippen molar-refractivity contribution < 1.29 is 5.11 Å². The number of aromatic nitrogens is 1. The van der Waals surface area contributed by atoms with Crippen molar-refractivity contribution in [2.45, 2.75) is 12.5 Å². The van der Waals surface area contributed by atoms with Crippen LogP contribution in [-0.2, 0) is 6.42 Å². The van der Waals surface area contributed by atoms with E-state index in [9.17, 15) is 5.11 Å². The molecule has 0 bridgehead atoms. The third kappa shape index (κ3) is 3.31. The van der Waals surface area contributed by atoms with Crippen LogP contribution < -0.4 is 5.32 Å². The third-order valence-electron chi connectivity index (χ3n) is 2.83. The van der Waals surface area contributed by atoms with Gasteiger partial charge in [0, 0.05) is 22.9 Å². The summed E-state index contributed by atoms with van der Waals surface area (Å²) in [5.41, 5.74) is 2.21. The molecule has 1 atom stereocenters. The van der Waals surface area contributed by atoms with Crippen LogP contribution in [0.5, 0.6) is 5.75 Å². The van der Waals surface area contributed by atoms with Gasteiger partial charge >= 0.3 is 0 Å². The highest BCUT2D eigenvalue weighted by molar-refractivity contribution is 9.10. The van der Waals surface area contributed by atoms with Gasteiger partial charge in [0.1, 0.15) is 5.75 Å². The van der Waals surface area contributed by atoms with Crippen LogP contribution in [0.4, 0.5) is 0 Å². The second kappa shape index (κ2) is 5.98. The van der Waals surface area contributed by atoms with Crippen LogP contribution in [0.2, 0.25) is 0 Å². The topological polar surface area (TPSA) is 45.1 Å². The lowest BCUT2D eigenvalue weighted by Crippen LogP contribution is -2.19. The molecule has 0 radical (unpaired) electrons. The van der Waals surface area contributed by atoms with Crippen LogP contribution in [-0.4, -0.2) is 17.1 Å². The second-order valence-corrected chi connectivity index (χ2v) is 5.07. The first kappa shape index (κ1) is 13.1. The number of nitrogens with zero attached hydrogens (tertiary/aromatic N) is 1. The molecule has 0 saturated carbocycles. The molecule has 0 amide bonds. The summed E-state index contributed by atoms with van der Waals surface area (Å²) >= 11 is 3.43. The van der Waals surface area contributed by atoms with Crippen LogP contribution in [0.3, 0.4) is 0 Å². The summed E-state index contributed by atoms with van der Waals surface area (Å²) < 4.78 is 0.969. The summed E-state index contributed by atoms with van der Waals surface area (Å²) in [6, 6.07) is 9.56.